The number of carbonyl (C=O) groups is 1. The van der Waals surface area contributed by atoms with Gasteiger partial charge in [-0.15, -0.1) is 10.2 Å². The van der Waals surface area contributed by atoms with Gasteiger partial charge in [0.15, 0.2) is 11.5 Å². The number of hydrogen-bond acceptors (Lipinski definition) is 6. The van der Waals surface area contributed by atoms with Gasteiger partial charge in [-0.3, -0.25) is 4.79 Å². The summed E-state index contributed by atoms with van der Waals surface area (Å²) in [5.41, 5.74) is 1.57. The standard InChI is InChI=1S/C18H23N5O2/c1-25-14-9-19-18(24)16-7-8-17(21-20-16)23-12-10-22(11-13-23)15-5-3-2-4-6-15/h2-8H,9-14H2,1H3,(H,19,24). The number of nitrogens with one attached hydrogen (secondary N) is 1. The van der Waals surface area contributed by atoms with E-state index in [-0.39, 0.29) is 5.91 Å². The summed E-state index contributed by atoms with van der Waals surface area (Å²) in [6.45, 7) is 4.56. The molecule has 1 aromatic heterocycles. The molecule has 132 valence electrons. The lowest BCUT2D eigenvalue weighted by Crippen LogP contribution is -2.46. The summed E-state index contributed by atoms with van der Waals surface area (Å²) in [4.78, 5) is 16.5. The number of amides is 1. The predicted molar refractivity (Wildman–Crippen MR) is 97.1 cm³/mol. The molecular weight excluding hydrogens is 318 g/mol. The highest BCUT2D eigenvalue weighted by Gasteiger charge is 2.19. The summed E-state index contributed by atoms with van der Waals surface area (Å²) in [7, 11) is 1.60. The smallest absolute Gasteiger partial charge is 0.271 e. The second kappa shape index (κ2) is 8.43. The second-order valence-corrected chi connectivity index (χ2v) is 5.84. The van der Waals surface area contributed by atoms with E-state index < -0.39 is 0 Å². The number of benzene rings is 1. The molecule has 0 spiro atoms. The first kappa shape index (κ1) is 17.2. The first-order valence-electron chi connectivity index (χ1n) is 8.44. The van der Waals surface area contributed by atoms with Gasteiger partial charge in [0.1, 0.15) is 0 Å². The second-order valence-electron chi connectivity index (χ2n) is 5.84. The zero-order valence-corrected chi connectivity index (χ0v) is 14.4. The predicted octanol–water partition coefficient (Wildman–Crippen LogP) is 1.18. The van der Waals surface area contributed by atoms with Gasteiger partial charge in [0.2, 0.25) is 0 Å². The van der Waals surface area contributed by atoms with E-state index in [1.165, 1.54) is 5.69 Å². The Bertz CT molecular complexity index is 670. The first-order valence-corrected chi connectivity index (χ1v) is 8.44. The van der Waals surface area contributed by atoms with Crippen LogP contribution in [-0.4, -0.2) is 62.5 Å². The molecule has 2 aromatic rings. The Kier molecular flexibility index (Phi) is 5.79. The average molecular weight is 341 g/mol. The van der Waals surface area contributed by atoms with E-state index >= 15 is 0 Å². The Labute approximate surface area is 147 Å². The highest BCUT2D eigenvalue weighted by Crippen LogP contribution is 2.18. The van der Waals surface area contributed by atoms with Crippen molar-refractivity contribution in [2.45, 2.75) is 0 Å². The van der Waals surface area contributed by atoms with Crippen LogP contribution in [0.4, 0.5) is 11.5 Å². The summed E-state index contributed by atoms with van der Waals surface area (Å²) in [6.07, 6.45) is 0. The molecule has 2 heterocycles. The van der Waals surface area contributed by atoms with Crippen LogP contribution in [0, 0.1) is 0 Å². The van der Waals surface area contributed by atoms with Crippen molar-refractivity contribution in [3.63, 3.8) is 0 Å². The third-order valence-corrected chi connectivity index (χ3v) is 4.20. The number of piperazine rings is 1. The number of ether oxygens (including phenoxy) is 1. The minimum atomic E-state index is -0.231. The number of nitrogens with zero attached hydrogens (tertiary/aromatic N) is 4. The van der Waals surface area contributed by atoms with Gasteiger partial charge in [-0.2, -0.15) is 0 Å². The Morgan fingerprint density at radius 2 is 1.76 bits per heavy atom. The van der Waals surface area contributed by atoms with E-state index in [0.29, 0.717) is 18.8 Å². The lowest BCUT2D eigenvalue weighted by atomic mass is 10.2. The fourth-order valence-corrected chi connectivity index (χ4v) is 2.80. The van der Waals surface area contributed by atoms with Crippen molar-refractivity contribution in [1.29, 1.82) is 0 Å². The van der Waals surface area contributed by atoms with E-state index in [1.807, 2.05) is 12.1 Å². The van der Waals surface area contributed by atoms with E-state index in [0.717, 1.165) is 32.0 Å². The molecule has 1 N–H and O–H groups in total. The molecule has 1 amide bonds. The maximum Gasteiger partial charge on any atom is 0.271 e. The summed E-state index contributed by atoms with van der Waals surface area (Å²) in [6, 6.07) is 14.0. The van der Waals surface area contributed by atoms with E-state index in [1.54, 1.807) is 13.2 Å². The van der Waals surface area contributed by atoms with Crippen molar-refractivity contribution < 1.29 is 9.53 Å². The minimum Gasteiger partial charge on any atom is -0.383 e. The number of anilines is 2. The zero-order valence-electron chi connectivity index (χ0n) is 14.4. The SMILES string of the molecule is COCCNC(=O)c1ccc(N2CCN(c3ccccc3)CC2)nn1. The van der Waals surface area contributed by atoms with E-state index in [4.69, 9.17) is 4.74 Å². The van der Waals surface area contributed by atoms with Crippen LogP contribution in [0.1, 0.15) is 10.5 Å². The molecule has 0 aliphatic carbocycles. The number of aromatic nitrogens is 2. The number of hydrogen-bond donors (Lipinski definition) is 1. The fourth-order valence-electron chi connectivity index (χ4n) is 2.80. The molecule has 1 aliphatic heterocycles. The van der Waals surface area contributed by atoms with Crippen molar-refractivity contribution in [3.8, 4) is 0 Å². The Morgan fingerprint density at radius 3 is 2.40 bits per heavy atom. The molecule has 0 unspecified atom stereocenters. The molecule has 0 saturated carbocycles. The maximum atomic E-state index is 11.9. The van der Waals surface area contributed by atoms with Crippen LogP contribution in [0.3, 0.4) is 0 Å². The summed E-state index contributed by atoms with van der Waals surface area (Å²) in [5, 5.41) is 11.0. The topological polar surface area (TPSA) is 70.6 Å². The van der Waals surface area contributed by atoms with Gasteiger partial charge in [0, 0.05) is 45.5 Å². The molecule has 0 atom stereocenters. The average Bonchev–Trinajstić information content (AvgIpc) is 2.69. The first-order chi connectivity index (χ1) is 12.3. The molecule has 7 heteroatoms. The van der Waals surface area contributed by atoms with Gasteiger partial charge in [0.05, 0.1) is 6.61 Å². The van der Waals surface area contributed by atoms with Gasteiger partial charge in [0.25, 0.3) is 5.91 Å². The number of carbonyl (C=O) groups excluding carboxylic acids is 1. The molecule has 3 rings (SSSR count). The van der Waals surface area contributed by atoms with Crippen molar-refractivity contribution in [3.05, 3.63) is 48.2 Å². The number of rotatable bonds is 6. The van der Waals surface area contributed by atoms with Gasteiger partial charge >= 0.3 is 0 Å². The van der Waals surface area contributed by atoms with Crippen LogP contribution in [0.15, 0.2) is 42.5 Å². The molecule has 1 aromatic carbocycles. The fraction of sp³-hybridized carbons (Fsp3) is 0.389. The summed E-state index contributed by atoms with van der Waals surface area (Å²) in [5.74, 6) is 0.575. The highest BCUT2D eigenvalue weighted by atomic mass is 16.5. The van der Waals surface area contributed by atoms with Crippen LogP contribution in [0.2, 0.25) is 0 Å². The third-order valence-electron chi connectivity index (χ3n) is 4.20. The van der Waals surface area contributed by atoms with Crippen LogP contribution in [-0.2, 0) is 4.74 Å². The molecule has 1 fully saturated rings. The Hall–Kier alpha value is -2.67. The normalized spacial score (nSPS) is 14.4. The van der Waals surface area contributed by atoms with Crippen LogP contribution in [0.25, 0.3) is 0 Å². The molecule has 0 bridgehead atoms. The largest absolute Gasteiger partial charge is 0.383 e. The lowest BCUT2D eigenvalue weighted by Gasteiger charge is -2.36. The van der Waals surface area contributed by atoms with Gasteiger partial charge < -0.3 is 19.9 Å². The molecule has 1 aliphatic rings. The maximum absolute atomic E-state index is 11.9. The molecule has 25 heavy (non-hydrogen) atoms. The monoisotopic (exact) mass is 341 g/mol. The van der Waals surface area contributed by atoms with Crippen molar-refractivity contribution in [1.82, 2.24) is 15.5 Å². The number of para-hydroxylation sites is 1. The Morgan fingerprint density at radius 1 is 1.04 bits per heavy atom. The zero-order chi connectivity index (χ0) is 17.5. The lowest BCUT2D eigenvalue weighted by molar-refractivity contribution is 0.0931. The van der Waals surface area contributed by atoms with Gasteiger partial charge in [-0.25, -0.2) is 0 Å². The third kappa shape index (κ3) is 4.45. The van der Waals surface area contributed by atoms with Gasteiger partial charge in [-0.05, 0) is 24.3 Å². The van der Waals surface area contributed by atoms with Crippen LogP contribution < -0.4 is 15.1 Å². The van der Waals surface area contributed by atoms with Gasteiger partial charge in [-0.1, -0.05) is 18.2 Å². The molecule has 1 saturated heterocycles. The van der Waals surface area contributed by atoms with Crippen molar-refractivity contribution in [2.75, 3.05) is 56.2 Å². The highest BCUT2D eigenvalue weighted by molar-refractivity contribution is 5.92. The van der Waals surface area contributed by atoms with E-state index in [9.17, 15) is 4.79 Å². The van der Waals surface area contributed by atoms with E-state index in [2.05, 4.69) is 49.6 Å². The molecular formula is C18H23N5O2. The molecule has 7 nitrogen and oxygen atoms in total. The van der Waals surface area contributed by atoms with Crippen molar-refractivity contribution >= 4 is 17.4 Å². The molecule has 0 radical (unpaired) electrons. The minimum absolute atomic E-state index is 0.231. The number of methoxy groups -OCH3 is 1. The summed E-state index contributed by atoms with van der Waals surface area (Å²) < 4.78 is 4.91. The van der Waals surface area contributed by atoms with Crippen molar-refractivity contribution in [2.24, 2.45) is 0 Å². The van der Waals surface area contributed by atoms with Crippen LogP contribution in [0.5, 0.6) is 0 Å². The Balaban J connectivity index is 1.54. The quantitative estimate of drug-likeness (QED) is 0.796. The summed E-state index contributed by atoms with van der Waals surface area (Å²) >= 11 is 0. The van der Waals surface area contributed by atoms with Crippen LogP contribution >= 0.6 is 0 Å².